The fourth-order valence-electron chi connectivity index (χ4n) is 2.48. The van der Waals surface area contributed by atoms with Gasteiger partial charge >= 0.3 is 0 Å². The molecule has 0 amide bonds. The number of anilines is 2. The van der Waals surface area contributed by atoms with Crippen LogP contribution in [0.1, 0.15) is 39.5 Å². The molecule has 106 valence electrons. The highest BCUT2D eigenvalue weighted by molar-refractivity contribution is 7.99. The summed E-state index contributed by atoms with van der Waals surface area (Å²) < 4.78 is 0. The van der Waals surface area contributed by atoms with E-state index in [2.05, 4.69) is 46.2 Å². The lowest BCUT2D eigenvalue weighted by Gasteiger charge is -2.20. The summed E-state index contributed by atoms with van der Waals surface area (Å²) in [7, 11) is 0. The second-order valence-electron chi connectivity index (χ2n) is 4.89. The van der Waals surface area contributed by atoms with Crippen molar-refractivity contribution < 1.29 is 0 Å². The van der Waals surface area contributed by atoms with Crippen molar-refractivity contribution in [1.29, 1.82) is 0 Å². The zero-order valence-electron chi connectivity index (χ0n) is 11.9. The van der Waals surface area contributed by atoms with Crippen molar-refractivity contribution in [2.75, 3.05) is 22.9 Å². The zero-order chi connectivity index (χ0) is 13.5. The molecule has 1 aromatic rings. The highest BCUT2D eigenvalue weighted by Gasteiger charge is 2.27. The number of thioether (sulfide) groups is 1. The summed E-state index contributed by atoms with van der Waals surface area (Å²) in [5.74, 6) is 3.05. The van der Waals surface area contributed by atoms with Crippen LogP contribution in [0, 0.1) is 0 Å². The van der Waals surface area contributed by atoms with Gasteiger partial charge in [0.15, 0.2) is 0 Å². The predicted octanol–water partition coefficient (Wildman–Crippen LogP) is 3.38. The lowest BCUT2D eigenvalue weighted by atomic mass is 10.2. The van der Waals surface area contributed by atoms with Crippen molar-refractivity contribution in [3.05, 3.63) is 12.4 Å². The van der Waals surface area contributed by atoms with E-state index in [9.17, 15) is 0 Å². The Bertz CT molecular complexity index is 385. The molecule has 2 atom stereocenters. The number of nitrogens with one attached hydrogen (secondary N) is 2. The summed E-state index contributed by atoms with van der Waals surface area (Å²) in [6, 6.07) is 2.57. The van der Waals surface area contributed by atoms with Crippen molar-refractivity contribution in [1.82, 2.24) is 9.97 Å². The Kier molecular flexibility index (Phi) is 5.76. The summed E-state index contributed by atoms with van der Waals surface area (Å²) in [6.45, 7) is 5.34. The molecule has 0 aromatic carbocycles. The quantitative estimate of drug-likeness (QED) is 0.802. The van der Waals surface area contributed by atoms with Crippen LogP contribution in [-0.2, 0) is 0 Å². The first-order valence-corrected chi connectivity index (χ1v) is 8.32. The first-order chi connectivity index (χ1) is 9.33. The van der Waals surface area contributed by atoms with E-state index in [0.717, 1.165) is 29.9 Å². The molecule has 2 rings (SSSR count). The van der Waals surface area contributed by atoms with Crippen molar-refractivity contribution in [3.63, 3.8) is 0 Å². The van der Waals surface area contributed by atoms with Crippen LogP contribution in [0.25, 0.3) is 0 Å². The number of rotatable bonds is 7. The van der Waals surface area contributed by atoms with Gasteiger partial charge in [0.05, 0.1) is 0 Å². The van der Waals surface area contributed by atoms with Crippen LogP contribution >= 0.6 is 11.8 Å². The van der Waals surface area contributed by atoms with Crippen LogP contribution in [0.3, 0.4) is 0 Å². The minimum atomic E-state index is 0.555. The summed E-state index contributed by atoms with van der Waals surface area (Å²) in [5.41, 5.74) is 0. The molecular formula is C14H24N4S. The Morgan fingerprint density at radius 2 is 2.11 bits per heavy atom. The third-order valence-corrected chi connectivity index (χ3v) is 4.72. The molecule has 5 heteroatoms. The Balaban J connectivity index is 1.94. The molecule has 1 heterocycles. The molecule has 1 aliphatic carbocycles. The predicted molar refractivity (Wildman–Crippen MR) is 84.0 cm³/mol. The Morgan fingerprint density at radius 3 is 2.89 bits per heavy atom. The molecule has 4 nitrogen and oxygen atoms in total. The van der Waals surface area contributed by atoms with Gasteiger partial charge in [0.1, 0.15) is 18.0 Å². The van der Waals surface area contributed by atoms with Gasteiger partial charge in [0.2, 0.25) is 0 Å². The highest BCUT2D eigenvalue weighted by atomic mass is 32.2. The van der Waals surface area contributed by atoms with Gasteiger partial charge in [0.25, 0.3) is 0 Å². The minimum Gasteiger partial charge on any atom is -0.370 e. The van der Waals surface area contributed by atoms with E-state index in [0.29, 0.717) is 6.04 Å². The van der Waals surface area contributed by atoms with Crippen molar-refractivity contribution >= 4 is 23.4 Å². The zero-order valence-corrected chi connectivity index (χ0v) is 12.7. The minimum absolute atomic E-state index is 0.555. The number of nitrogens with zero attached hydrogens (tertiary/aromatic N) is 2. The molecule has 2 N–H and O–H groups in total. The van der Waals surface area contributed by atoms with Gasteiger partial charge in [-0.15, -0.1) is 0 Å². The Labute approximate surface area is 120 Å². The van der Waals surface area contributed by atoms with Gasteiger partial charge in [-0.1, -0.05) is 20.3 Å². The van der Waals surface area contributed by atoms with Gasteiger partial charge in [-0.05, 0) is 25.0 Å². The monoisotopic (exact) mass is 280 g/mol. The Morgan fingerprint density at radius 1 is 1.26 bits per heavy atom. The summed E-state index contributed by atoms with van der Waals surface area (Å²) in [4.78, 5) is 8.57. The normalized spacial score (nSPS) is 22.4. The lowest BCUT2D eigenvalue weighted by Crippen LogP contribution is -2.26. The van der Waals surface area contributed by atoms with Crippen LogP contribution in [0.4, 0.5) is 11.6 Å². The number of hydrogen-bond donors (Lipinski definition) is 2. The molecular weight excluding hydrogens is 256 g/mol. The fourth-order valence-corrected chi connectivity index (χ4v) is 3.68. The van der Waals surface area contributed by atoms with Crippen LogP contribution in [0.5, 0.6) is 0 Å². The highest BCUT2D eigenvalue weighted by Crippen LogP contribution is 2.31. The topological polar surface area (TPSA) is 49.8 Å². The third kappa shape index (κ3) is 4.27. The number of hydrogen-bond acceptors (Lipinski definition) is 5. The van der Waals surface area contributed by atoms with Crippen LogP contribution < -0.4 is 10.6 Å². The SMILES string of the molecule is CCCNc1cc(NC2CCCC2SCC)ncn1. The maximum atomic E-state index is 4.33. The van der Waals surface area contributed by atoms with Gasteiger partial charge in [0, 0.05) is 23.9 Å². The average Bonchev–Trinajstić information content (AvgIpc) is 2.85. The largest absolute Gasteiger partial charge is 0.370 e. The molecule has 0 spiro atoms. The summed E-state index contributed by atoms with van der Waals surface area (Å²) in [5, 5.41) is 7.61. The molecule has 2 unspecified atom stereocenters. The van der Waals surface area contributed by atoms with E-state index >= 15 is 0 Å². The summed E-state index contributed by atoms with van der Waals surface area (Å²) in [6.07, 6.45) is 6.63. The van der Waals surface area contributed by atoms with Gasteiger partial charge < -0.3 is 10.6 Å². The first kappa shape index (κ1) is 14.4. The molecule has 0 aliphatic heterocycles. The molecule has 1 aliphatic rings. The molecule has 0 radical (unpaired) electrons. The first-order valence-electron chi connectivity index (χ1n) is 7.27. The Hall–Kier alpha value is -0.970. The van der Waals surface area contributed by atoms with Crippen LogP contribution in [-0.4, -0.2) is 33.6 Å². The molecule has 1 aromatic heterocycles. The molecule has 0 saturated heterocycles. The van der Waals surface area contributed by atoms with E-state index in [4.69, 9.17) is 0 Å². The van der Waals surface area contributed by atoms with Crippen molar-refractivity contribution in [3.8, 4) is 0 Å². The molecule has 19 heavy (non-hydrogen) atoms. The fraction of sp³-hybridized carbons (Fsp3) is 0.714. The van der Waals surface area contributed by atoms with Crippen molar-refractivity contribution in [2.45, 2.75) is 50.8 Å². The third-order valence-electron chi connectivity index (χ3n) is 3.39. The average molecular weight is 280 g/mol. The standard InChI is InChI=1S/C14H24N4S/c1-3-8-15-13-9-14(17-10-16-13)18-11-6-5-7-12(11)19-4-2/h9-12H,3-8H2,1-2H3,(H2,15,16,17,18). The lowest BCUT2D eigenvalue weighted by molar-refractivity contribution is 0.761. The van der Waals surface area contributed by atoms with Crippen LogP contribution in [0.15, 0.2) is 12.4 Å². The maximum Gasteiger partial charge on any atom is 0.131 e. The smallest absolute Gasteiger partial charge is 0.131 e. The van der Waals surface area contributed by atoms with Gasteiger partial charge in [-0.25, -0.2) is 9.97 Å². The molecule has 1 fully saturated rings. The van der Waals surface area contributed by atoms with Gasteiger partial charge in [-0.2, -0.15) is 11.8 Å². The van der Waals surface area contributed by atoms with Gasteiger partial charge in [-0.3, -0.25) is 0 Å². The maximum absolute atomic E-state index is 4.33. The molecule has 0 bridgehead atoms. The second-order valence-corrected chi connectivity index (χ2v) is 6.41. The van der Waals surface area contributed by atoms with Crippen molar-refractivity contribution in [2.24, 2.45) is 0 Å². The summed E-state index contributed by atoms with van der Waals surface area (Å²) >= 11 is 2.06. The molecule has 1 saturated carbocycles. The second kappa shape index (κ2) is 7.58. The number of aromatic nitrogens is 2. The van der Waals surface area contributed by atoms with E-state index < -0.39 is 0 Å². The van der Waals surface area contributed by atoms with Crippen LogP contribution in [0.2, 0.25) is 0 Å². The van der Waals surface area contributed by atoms with E-state index in [1.807, 2.05) is 6.07 Å². The van der Waals surface area contributed by atoms with E-state index in [1.165, 1.54) is 25.0 Å². The van der Waals surface area contributed by atoms with E-state index in [-0.39, 0.29) is 0 Å². The van der Waals surface area contributed by atoms with E-state index in [1.54, 1.807) is 6.33 Å².